The van der Waals surface area contributed by atoms with E-state index >= 15 is 0 Å². The summed E-state index contributed by atoms with van der Waals surface area (Å²) in [6.45, 7) is 3.38. The molecule has 4 fully saturated rings. The van der Waals surface area contributed by atoms with Gasteiger partial charge in [-0.25, -0.2) is 0 Å². The Morgan fingerprint density at radius 3 is 2.52 bits per heavy atom. The molecule has 1 heterocycles. The van der Waals surface area contributed by atoms with Crippen molar-refractivity contribution in [3.63, 3.8) is 0 Å². The van der Waals surface area contributed by atoms with E-state index in [-0.39, 0.29) is 17.1 Å². The van der Waals surface area contributed by atoms with E-state index in [0.29, 0.717) is 50.1 Å². The number of aromatic hydroxyl groups is 1. The van der Waals surface area contributed by atoms with Gasteiger partial charge in [0.05, 0.1) is 18.8 Å². The number of hydrogen-bond donors (Lipinski definition) is 2. The molecule has 0 radical (unpaired) electrons. The second-order valence-corrected chi connectivity index (χ2v) is 10.7. The van der Waals surface area contributed by atoms with Crippen molar-refractivity contribution in [2.75, 3.05) is 13.2 Å². The third-order valence-corrected chi connectivity index (χ3v) is 9.23. The Hall–Kier alpha value is -1.69. The number of ether oxygens (including phenoxy) is 2. The number of carbonyl (C=O) groups excluding carboxylic acids is 1. The van der Waals surface area contributed by atoms with Crippen molar-refractivity contribution in [1.29, 1.82) is 0 Å². The standard InChI is InChI=1S/C26H32O5/c1-24-14-19(16-2-4-17(27)5-3-16)23-18(20(24)6-7-22(24)28)8-10-25(29)15-26(11-9-21(23)25)30-12-13-31-26/h2-5,18-20,27,29H,6-15H2,1H3/t18-,19+,20-,24-,25+/m0/s1. The first kappa shape index (κ1) is 20.0. The highest BCUT2D eigenvalue weighted by atomic mass is 16.7. The maximum atomic E-state index is 13.0. The van der Waals surface area contributed by atoms with Gasteiger partial charge < -0.3 is 19.7 Å². The first-order chi connectivity index (χ1) is 14.8. The lowest BCUT2D eigenvalue weighted by atomic mass is 9.51. The zero-order valence-corrected chi connectivity index (χ0v) is 18.2. The van der Waals surface area contributed by atoms with Crippen LogP contribution in [-0.2, 0) is 14.3 Å². The Morgan fingerprint density at radius 2 is 1.77 bits per heavy atom. The zero-order chi connectivity index (χ0) is 21.4. The van der Waals surface area contributed by atoms with Crippen molar-refractivity contribution in [1.82, 2.24) is 0 Å². The number of phenolic OH excluding ortho intramolecular Hbond substituents is 1. The second kappa shape index (κ2) is 6.66. The van der Waals surface area contributed by atoms with Gasteiger partial charge in [-0.3, -0.25) is 4.79 Å². The largest absolute Gasteiger partial charge is 0.508 e. The van der Waals surface area contributed by atoms with Crippen LogP contribution in [0.1, 0.15) is 69.8 Å². The van der Waals surface area contributed by atoms with Crippen LogP contribution in [0.4, 0.5) is 0 Å². The van der Waals surface area contributed by atoms with E-state index in [4.69, 9.17) is 9.47 Å². The number of benzene rings is 1. The first-order valence-corrected chi connectivity index (χ1v) is 11.9. The van der Waals surface area contributed by atoms with Crippen LogP contribution in [0.3, 0.4) is 0 Å². The molecule has 6 rings (SSSR count). The number of aliphatic hydroxyl groups is 1. The van der Waals surface area contributed by atoms with Gasteiger partial charge in [-0.15, -0.1) is 0 Å². The SMILES string of the molecule is C[C@]12C[C@H](c3ccc(O)cc3)C3=C4CCC5(C[C@]4(O)CC[C@H]3[C@@H]1CCC2=O)OCCO5. The average Bonchev–Trinajstić information content (AvgIpc) is 3.31. The summed E-state index contributed by atoms with van der Waals surface area (Å²) in [4.78, 5) is 13.0. The third-order valence-electron chi connectivity index (χ3n) is 9.23. The van der Waals surface area contributed by atoms with Crippen LogP contribution in [0.5, 0.6) is 5.75 Å². The second-order valence-electron chi connectivity index (χ2n) is 10.7. The van der Waals surface area contributed by atoms with Gasteiger partial charge in [0.25, 0.3) is 0 Å². The Labute approximate surface area is 183 Å². The van der Waals surface area contributed by atoms with Crippen LogP contribution in [0.2, 0.25) is 0 Å². The van der Waals surface area contributed by atoms with Crippen molar-refractivity contribution in [3.8, 4) is 5.75 Å². The molecule has 5 nitrogen and oxygen atoms in total. The fraction of sp³-hybridized carbons (Fsp3) is 0.654. The molecule has 0 amide bonds. The monoisotopic (exact) mass is 424 g/mol. The van der Waals surface area contributed by atoms with Crippen LogP contribution in [0, 0.1) is 17.3 Å². The smallest absolute Gasteiger partial charge is 0.171 e. The minimum atomic E-state index is -0.889. The molecule has 5 atom stereocenters. The number of carbonyl (C=O) groups is 1. The molecule has 0 bridgehead atoms. The number of Topliss-reactive ketones (excluding diaryl/α,β-unsaturated/α-hetero) is 1. The topological polar surface area (TPSA) is 76.0 Å². The predicted molar refractivity (Wildman–Crippen MR) is 114 cm³/mol. The highest BCUT2D eigenvalue weighted by molar-refractivity contribution is 5.87. The Kier molecular flexibility index (Phi) is 4.29. The minimum absolute atomic E-state index is 0.107. The van der Waals surface area contributed by atoms with E-state index in [0.717, 1.165) is 37.7 Å². The van der Waals surface area contributed by atoms with Gasteiger partial charge in [0.2, 0.25) is 0 Å². The molecule has 4 aliphatic carbocycles. The molecule has 1 aromatic rings. The van der Waals surface area contributed by atoms with Crippen LogP contribution >= 0.6 is 0 Å². The molecule has 0 unspecified atom stereocenters. The molecule has 31 heavy (non-hydrogen) atoms. The highest BCUT2D eigenvalue weighted by Crippen LogP contribution is 2.64. The summed E-state index contributed by atoms with van der Waals surface area (Å²) in [6, 6.07) is 7.47. The van der Waals surface area contributed by atoms with E-state index < -0.39 is 11.4 Å². The lowest BCUT2D eigenvalue weighted by Crippen LogP contribution is -2.53. The molecule has 5 aliphatic rings. The number of rotatable bonds is 1. The fourth-order valence-electron chi connectivity index (χ4n) is 7.79. The lowest BCUT2D eigenvalue weighted by Gasteiger charge is -2.55. The molecular formula is C26H32O5. The van der Waals surface area contributed by atoms with Gasteiger partial charge in [-0.1, -0.05) is 24.6 Å². The van der Waals surface area contributed by atoms with Crippen molar-refractivity contribution in [3.05, 3.63) is 41.0 Å². The maximum Gasteiger partial charge on any atom is 0.171 e. The quantitative estimate of drug-likeness (QED) is 0.660. The van der Waals surface area contributed by atoms with Crippen LogP contribution in [0.25, 0.3) is 0 Å². The number of phenols is 1. The van der Waals surface area contributed by atoms with E-state index in [9.17, 15) is 15.0 Å². The molecule has 166 valence electrons. The Bertz CT molecular complexity index is 943. The zero-order valence-electron chi connectivity index (χ0n) is 18.2. The molecule has 1 aliphatic heterocycles. The normalized spacial score (nSPS) is 41.2. The van der Waals surface area contributed by atoms with E-state index in [2.05, 4.69) is 6.92 Å². The van der Waals surface area contributed by atoms with Crippen molar-refractivity contribution >= 4 is 5.78 Å². The van der Waals surface area contributed by atoms with Gasteiger partial charge in [-0.2, -0.15) is 0 Å². The third kappa shape index (κ3) is 2.82. The molecule has 2 N–H and O–H groups in total. The summed E-state index contributed by atoms with van der Waals surface area (Å²) in [7, 11) is 0. The van der Waals surface area contributed by atoms with Crippen molar-refractivity contribution in [2.24, 2.45) is 17.3 Å². The fourth-order valence-corrected chi connectivity index (χ4v) is 7.79. The minimum Gasteiger partial charge on any atom is -0.508 e. The van der Waals surface area contributed by atoms with Gasteiger partial charge in [-0.05, 0) is 67.2 Å². The van der Waals surface area contributed by atoms with Crippen LogP contribution < -0.4 is 0 Å². The molecule has 1 saturated heterocycles. The van der Waals surface area contributed by atoms with Gasteiger partial charge in [0.15, 0.2) is 5.79 Å². The Balaban J connectivity index is 1.48. The molecular weight excluding hydrogens is 392 g/mol. The summed E-state index contributed by atoms with van der Waals surface area (Å²) < 4.78 is 12.0. The average molecular weight is 425 g/mol. The lowest BCUT2D eigenvalue weighted by molar-refractivity contribution is -0.208. The van der Waals surface area contributed by atoms with Gasteiger partial charge in [0, 0.05) is 30.6 Å². The number of hydrogen-bond acceptors (Lipinski definition) is 5. The summed E-state index contributed by atoms with van der Waals surface area (Å²) in [5.41, 5.74) is 2.53. The van der Waals surface area contributed by atoms with E-state index in [1.807, 2.05) is 12.1 Å². The summed E-state index contributed by atoms with van der Waals surface area (Å²) in [5, 5.41) is 21.7. The summed E-state index contributed by atoms with van der Waals surface area (Å²) >= 11 is 0. The first-order valence-electron chi connectivity index (χ1n) is 11.9. The van der Waals surface area contributed by atoms with E-state index in [1.165, 1.54) is 11.1 Å². The van der Waals surface area contributed by atoms with Gasteiger partial charge in [0.1, 0.15) is 11.5 Å². The molecule has 1 spiro atoms. The van der Waals surface area contributed by atoms with Crippen molar-refractivity contribution < 1.29 is 24.5 Å². The highest BCUT2D eigenvalue weighted by Gasteiger charge is 2.60. The van der Waals surface area contributed by atoms with E-state index in [1.54, 1.807) is 12.1 Å². The molecule has 0 aromatic heterocycles. The van der Waals surface area contributed by atoms with Crippen molar-refractivity contribution in [2.45, 2.75) is 75.6 Å². The maximum absolute atomic E-state index is 13.0. The number of fused-ring (bicyclic) bond motifs is 4. The Morgan fingerprint density at radius 1 is 1.03 bits per heavy atom. The van der Waals surface area contributed by atoms with Gasteiger partial charge >= 0.3 is 0 Å². The predicted octanol–water partition coefficient (Wildman–Crippen LogP) is 4.23. The number of ketones is 1. The molecule has 1 aromatic carbocycles. The summed E-state index contributed by atoms with van der Waals surface area (Å²) in [6.07, 6.45) is 6.14. The van der Waals surface area contributed by atoms with Crippen LogP contribution in [0.15, 0.2) is 35.4 Å². The number of allylic oxidation sites excluding steroid dienone is 1. The summed E-state index contributed by atoms with van der Waals surface area (Å²) in [5.74, 6) is 0.849. The molecule has 3 saturated carbocycles. The van der Waals surface area contributed by atoms with Crippen LogP contribution in [-0.4, -0.2) is 40.6 Å². The molecule has 5 heteroatoms.